The van der Waals surface area contributed by atoms with Crippen LogP contribution in [0.15, 0.2) is 31.6 Å². The van der Waals surface area contributed by atoms with Crippen molar-refractivity contribution in [2.24, 2.45) is 0 Å². The van der Waals surface area contributed by atoms with Crippen molar-refractivity contribution in [2.75, 3.05) is 5.32 Å². The molecule has 0 saturated carbocycles. The molecule has 0 unspecified atom stereocenters. The van der Waals surface area contributed by atoms with Crippen molar-refractivity contribution in [3.8, 4) is 0 Å². The third-order valence-electron chi connectivity index (χ3n) is 1.75. The van der Waals surface area contributed by atoms with Crippen molar-refractivity contribution in [3.05, 3.63) is 33.0 Å². The molecule has 0 aliphatic rings. The van der Waals surface area contributed by atoms with Gasteiger partial charge in [-0.15, -0.1) is 16.7 Å². The van der Waals surface area contributed by atoms with Crippen molar-refractivity contribution in [2.45, 2.75) is 5.88 Å². The third-order valence-corrected chi connectivity index (χ3v) is 3.13. The highest BCUT2D eigenvalue weighted by atomic mass is 79.9. The highest BCUT2D eigenvalue weighted by Gasteiger charge is 2.07. The number of benzene rings is 1. The molecule has 1 N–H and O–H groups in total. The van der Waals surface area contributed by atoms with Crippen LogP contribution in [-0.4, -0.2) is 10.2 Å². The number of nitrogens with one attached hydrogen (secondary N) is 1. The lowest BCUT2D eigenvalue weighted by atomic mass is 10.3. The van der Waals surface area contributed by atoms with E-state index >= 15 is 0 Å². The summed E-state index contributed by atoms with van der Waals surface area (Å²) >= 11 is 12.3. The molecule has 0 spiro atoms. The van der Waals surface area contributed by atoms with Gasteiger partial charge in [-0.3, -0.25) is 0 Å². The molecule has 7 heteroatoms. The predicted molar refractivity (Wildman–Crippen MR) is 69.0 cm³/mol. The molecule has 0 amide bonds. The van der Waals surface area contributed by atoms with Crippen LogP contribution in [0.2, 0.25) is 0 Å². The fourth-order valence-electron chi connectivity index (χ4n) is 1.06. The summed E-state index contributed by atoms with van der Waals surface area (Å²) in [6, 6.07) is 6.03. The number of aromatic nitrogens is 2. The number of rotatable bonds is 3. The first-order valence-corrected chi connectivity index (χ1v) is 6.41. The van der Waals surface area contributed by atoms with Crippen LogP contribution >= 0.6 is 43.5 Å². The molecule has 2 aromatic rings. The Balaban J connectivity index is 2.20. The van der Waals surface area contributed by atoms with E-state index in [4.69, 9.17) is 16.0 Å². The number of nitrogens with zero attached hydrogens (tertiary/aromatic N) is 2. The van der Waals surface area contributed by atoms with E-state index in [0.717, 1.165) is 14.6 Å². The van der Waals surface area contributed by atoms with E-state index < -0.39 is 0 Å². The fourth-order valence-corrected chi connectivity index (χ4v) is 2.32. The first-order valence-electron chi connectivity index (χ1n) is 4.29. The number of hydrogen-bond acceptors (Lipinski definition) is 4. The van der Waals surface area contributed by atoms with E-state index in [2.05, 4.69) is 47.4 Å². The van der Waals surface area contributed by atoms with E-state index in [1.165, 1.54) is 0 Å². The molecule has 0 atom stereocenters. The first kappa shape index (κ1) is 11.9. The zero-order chi connectivity index (χ0) is 11.5. The average Bonchev–Trinajstić information content (AvgIpc) is 2.70. The van der Waals surface area contributed by atoms with E-state index in [9.17, 15) is 0 Å². The molecule has 0 aliphatic heterocycles. The summed E-state index contributed by atoms with van der Waals surface area (Å²) < 4.78 is 7.10. The normalized spacial score (nSPS) is 10.4. The van der Waals surface area contributed by atoms with Gasteiger partial charge in [0, 0.05) is 8.95 Å². The second-order valence-corrected chi connectivity index (χ2v) is 4.92. The fraction of sp³-hybridized carbons (Fsp3) is 0.111. The number of halogens is 3. The molecule has 1 aromatic heterocycles. The first-order chi connectivity index (χ1) is 7.69. The van der Waals surface area contributed by atoms with Crippen LogP contribution in [0.3, 0.4) is 0 Å². The van der Waals surface area contributed by atoms with Crippen LogP contribution in [-0.2, 0) is 5.88 Å². The van der Waals surface area contributed by atoms with Crippen LogP contribution in [0.25, 0.3) is 0 Å². The standard InChI is InChI=1S/C9H6Br2ClN3O/c10-5-1-2-7(6(11)3-5)13-9-15-14-8(4-12)16-9/h1-3H,4H2,(H,13,15). The topological polar surface area (TPSA) is 51.0 Å². The molecule has 0 radical (unpaired) electrons. The summed E-state index contributed by atoms with van der Waals surface area (Å²) in [4.78, 5) is 0. The van der Waals surface area contributed by atoms with Gasteiger partial charge in [-0.2, -0.15) is 0 Å². The molecule has 0 saturated heterocycles. The second-order valence-electron chi connectivity index (χ2n) is 2.88. The molecule has 0 aliphatic carbocycles. The zero-order valence-electron chi connectivity index (χ0n) is 7.88. The zero-order valence-corrected chi connectivity index (χ0v) is 11.8. The Morgan fingerprint density at radius 3 is 2.75 bits per heavy atom. The largest absolute Gasteiger partial charge is 0.407 e. The summed E-state index contributed by atoms with van der Waals surface area (Å²) in [5.41, 5.74) is 0.841. The number of alkyl halides is 1. The van der Waals surface area contributed by atoms with Crippen LogP contribution in [0.1, 0.15) is 5.89 Å². The number of hydrogen-bond donors (Lipinski definition) is 1. The molecule has 4 nitrogen and oxygen atoms in total. The van der Waals surface area contributed by atoms with Gasteiger partial charge < -0.3 is 9.73 Å². The summed E-state index contributed by atoms with van der Waals surface area (Å²) in [5, 5.41) is 10.5. The van der Waals surface area contributed by atoms with Crippen LogP contribution in [0, 0.1) is 0 Å². The van der Waals surface area contributed by atoms with Crippen molar-refractivity contribution in [1.29, 1.82) is 0 Å². The maximum absolute atomic E-state index is 5.56. The van der Waals surface area contributed by atoms with Crippen molar-refractivity contribution < 1.29 is 4.42 Å². The van der Waals surface area contributed by atoms with E-state index in [1.807, 2.05) is 18.2 Å². The Labute approximate surface area is 114 Å². The molecule has 1 aromatic carbocycles. The summed E-state index contributed by atoms with van der Waals surface area (Å²) in [6.45, 7) is 0. The van der Waals surface area contributed by atoms with Gasteiger partial charge in [-0.05, 0) is 34.1 Å². The quantitative estimate of drug-likeness (QED) is 0.831. The Hall–Kier alpha value is -0.590. The highest BCUT2D eigenvalue weighted by molar-refractivity contribution is 9.11. The van der Waals surface area contributed by atoms with Gasteiger partial charge in [0.05, 0.1) is 5.69 Å². The van der Waals surface area contributed by atoms with Crippen LogP contribution < -0.4 is 5.32 Å². The minimum absolute atomic E-state index is 0.205. The van der Waals surface area contributed by atoms with Crippen LogP contribution in [0.4, 0.5) is 11.7 Å². The third kappa shape index (κ3) is 2.75. The van der Waals surface area contributed by atoms with E-state index in [0.29, 0.717) is 11.9 Å². The predicted octanol–water partition coefficient (Wildman–Crippen LogP) is 4.08. The average molecular weight is 367 g/mol. The van der Waals surface area contributed by atoms with Gasteiger partial charge in [0.1, 0.15) is 5.88 Å². The summed E-state index contributed by atoms with van der Waals surface area (Å²) in [6.07, 6.45) is 0. The minimum Gasteiger partial charge on any atom is -0.407 e. The molecule has 84 valence electrons. The van der Waals surface area contributed by atoms with Gasteiger partial charge >= 0.3 is 6.01 Å². The summed E-state index contributed by atoms with van der Waals surface area (Å²) in [5.74, 6) is 0.591. The Morgan fingerprint density at radius 1 is 1.31 bits per heavy atom. The molecule has 0 bridgehead atoms. The Bertz CT molecular complexity index is 503. The second kappa shape index (κ2) is 5.16. The van der Waals surface area contributed by atoms with Gasteiger partial charge in [0.15, 0.2) is 0 Å². The van der Waals surface area contributed by atoms with Gasteiger partial charge in [-0.1, -0.05) is 21.0 Å². The smallest absolute Gasteiger partial charge is 0.320 e. The summed E-state index contributed by atoms with van der Waals surface area (Å²) in [7, 11) is 0. The Kier molecular flexibility index (Phi) is 3.83. The lowest BCUT2D eigenvalue weighted by Crippen LogP contribution is -1.91. The van der Waals surface area contributed by atoms with Crippen molar-refractivity contribution >= 4 is 55.2 Å². The lowest BCUT2D eigenvalue weighted by molar-refractivity contribution is 0.530. The van der Waals surface area contributed by atoms with Gasteiger partial charge in [0.2, 0.25) is 5.89 Å². The molecule has 1 heterocycles. The van der Waals surface area contributed by atoms with Crippen molar-refractivity contribution in [1.82, 2.24) is 10.2 Å². The lowest BCUT2D eigenvalue weighted by Gasteiger charge is -2.04. The van der Waals surface area contributed by atoms with Gasteiger partial charge in [0.25, 0.3) is 0 Å². The van der Waals surface area contributed by atoms with Crippen LogP contribution in [0.5, 0.6) is 0 Å². The molecular formula is C9H6Br2ClN3O. The Morgan fingerprint density at radius 2 is 2.12 bits per heavy atom. The number of anilines is 2. The SMILES string of the molecule is ClCc1nnc(Nc2ccc(Br)cc2Br)o1. The van der Waals surface area contributed by atoms with E-state index in [1.54, 1.807) is 0 Å². The maximum atomic E-state index is 5.56. The monoisotopic (exact) mass is 365 g/mol. The highest BCUT2D eigenvalue weighted by Crippen LogP contribution is 2.28. The molecule has 16 heavy (non-hydrogen) atoms. The molecule has 2 rings (SSSR count). The minimum atomic E-state index is 0.205. The maximum Gasteiger partial charge on any atom is 0.320 e. The van der Waals surface area contributed by atoms with Gasteiger partial charge in [-0.25, -0.2) is 0 Å². The van der Waals surface area contributed by atoms with Crippen molar-refractivity contribution in [3.63, 3.8) is 0 Å². The van der Waals surface area contributed by atoms with E-state index in [-0.39, 0.29) is 5.88 Å². The molecule has 0 fully saturated rings. The molecular weight excluding hydrogens is 361 g/mol.